The Balaban J connectivity index is 1.71. The Morgan fingerprint density at radius 1 is 1.16 bits per heavy atom. The number of anilines is 1. The highest BCUT2D eigenvalue weighted by molar-refractivity contribution is 7.22. The lowest BCUT2D eigenvalue weighted by Crippen LogP contribution is -2.34. The predicted octanol–water partition coefficient (Wildman–Crippen LogP) is 5.67. The Morgan fingerprint density at radius 3 is 2.68 bits per heavy atom. The lowest BCUT2D eigenvalue weighted by Gasteiger charge is -2.23. The number of nitrogens with zero attached hydrogens (tertiary/aromatic N) is 2. The molecule has 0 N–H and O–H groups in total. The minimum absolute atomic E-state index is 0.124. The van der Waals surface area contributed by atoms with Gasteiger partial charge in [0.1, 0.15) is 0 Å². The summed E-state index contributed by atoms with van der Waals surface area (Å²) in [6, 6.07) is 15.8. The van der Waals surface area contributed by atoms with Crippen molar-refractivity contribution >= 4 is 44.2 Å². The number of hydrogen-bond acceptors (Lipinski definition) is 3. The summed E-state index contributed by atoms with van der Waals surface area (Å²) >= 11 is 7.64. The molecule has 0 saturated heterocycles. The second kappa shape index (κ2) is 7.14. The third kappa shape index (κ3) is 3.55. The number of rotatable bonds is 4. The highest BCUT2D eigenvalue weighted by Gasteiger charge is 2.29. The Hall–Kier alpha value is -1.91. The van der Waals surface area contributed by atoms with E-state index in [9.17, 15) is 4.79 Å². The molecule has 4 rings (SSSR count). The summed E-state index contributed by atoms with van der Waals surface area (Å²) in [5, 5.41) is 1.46. The van der Waals surface area contributed by atoms with E-state index in [1.807, 2.05) is 41.3 Å². The highest BCUT2D eigenvalue weighted by Crippen LogP contribution is 2.34. The second-order valence-electron chi connectivity index (χ2n) is 6.50. The number of fused-ring (bicyclic) bond motifs is 1. The fourth-order valence-electron chi connectivity index (χ4n) is 3.40. The standard InChI is InChI=1S/C20H19ClN2OS/c21-16-10-11-17-18(12-16)25-20(22-17)23(13-14-6-2-1-3-7-14)19(24)15-8-4-5-9-15/h1-3,6-7,10-12,15H,4-5,8-9,13H2. The normalized spacial score (nSPS) is 14.9. The van der Waals surface area contributed by atoms with Crippen LogP contribution in [0, 0.1) is 5.92 Å². The number of aromatic nitrogens is 1. The Morgan fingerprint density at radius 2 is 1.92 bits per heavy atom. The summed E-state index contributed by atoms with van der Waals surface area (Å²) in [7, 11) is 0. The number of halogens is 1. The average molecular weight is 371 g/mol. The molecule has 1 amide bonds. The molecule has 25 heavy (non-hydrogen) atoms. The van der Waals surface area contributed by atoms with Crippen molar-refractivity contribution in [2.75, 3.05) is 4.90 Å². The van der Waals surface area contributed by atoms with Crippen molar-refractivity contribution in [3.8, 4) is 0 Å². The van der Waals surface area contributed by atoms with Crippen molar-refractivity contribution in [3.63, 3.8) is 0 Å². The lowest BCUT2D eigenvalue weighted by molar-refractivity contribution is -0.122. The smallest absolute Gasteiger partial charge is 0.232 e. The molecule has 1 saturated carbocycles. The van der Waals surface area contributed by atoms with Gasteiger partial charge < -0.3 is 0 Å². The molecular weight excluding hydrogens is 352 g/mol. The van der Waals surface area contributed by atoms with E-state index in [2.05, 4.69) is 12.1 Å². The van der Waals surface area contributed by atoms with Gasteiger partial charge in [0.25, 0.3) is 0 Å². The zero-order valence-electron chi connectivity index (χ0n) is 13.8. The fraction of sp³-hybridized carbons (Fsp3) is 0.300. The van der Waals surface area contributed by atoms with Gasteiger partial charge in [0.15, 0.2) is 5.13 Å². The number of thiazole rings is 1. The van der Waals surface area contributed by atoms with Crippen LogP contribution in [0.4, 0.5) is 5.13 Å². The number of benzene rings is 2. The van der Waals surface area contributed by atoms with E-state index in [1.54, 1.807) is 0 Å². The van der Waals surface area contributed by atoms with E-state index >= 15 is 0 Å². The maximum atomic E-state index is 13.2. The molecule has 1 fully saturated rings. The predicted molar refractivity (Wildman–Crippen MR) is 104 cm³/mol. The number of carbonyl (C=O) groups excluding carboxylic acids is 1. The Bertz CT molecular complexity index is 887. The second-order valence-corrected chi connectivity index (χ2v) is 7.95. The maximum absolute atomic E-state index is 13.2. The van der Waals surface area contributed by atoms with E-state index in [-0.39, 0.29) is 11.8 Å². The summed E-state index contributed by atoms with van der Waals surface area (Å²) in [5.74, 6) is 0.325. The van der Waals surface area contributed by atoms with Crippen LogP contribution in [0.5, 0.6) is 0 Å². The first-order chi connectivity index (χ1) is 12.2. The van der Waals surface area contributed by atoms with Crippen LogP contribution in [0.15, 0.2) is 48.5 Å². The molecule has 0 spiro atoms. The minimum atomic E-state index is 0.124. The van der Waals surface area contributed by atoms with Crippen molar-refractivity contribution in [2.45, 2.75) is 32.2 Å². The summed E-state index contributed by atoms with van der Waals surface area (Å²) in [4.78, 5) is 19.7. The number of carbonyl (C=O) groups is 1. The van der Waals surface area contributed by atoms with Gasteiger partial charge in [-0.05, 0) is 36.6 Å². The monoisotopic (exact) mass is 370 g/mol. The van der Waals surface area contributed by atoms with Gasteiger partial charge in [-0.15, -0.1) is 0 Å². The summed E-state index contributed by atoms with van der Waals surface area (Å²) < 4.78 is 1.01. The van der Waals surface area contributed by atoms with E-state index < -0.39 is 0 Å². The topological polar surface area (TPSA) is 33.2 Å². The minimum Gasteiger partial charge on any atom is -0.283 e. The molecule has 128 valence electrons. The van der Waals surface area contributed by atoms with Crippen LogP contribution < -0.4 is 4.90 Å². The molecule has 3 nitrogen and oxygen atoms in total. The molecule has 5 heteroatoms. The van der Waals surface area contributed by atoms with Gasteiger partial charge in [-0.2, -0.15) is 0 Å². The van der Waals surface area contributed by atoms with Gasteiger partial charge in [0, 0.05) is 10.9 Å². The van der Waals surface area contributed by atoms with Gasteiger partial charge in [-0.3, -0.25) is 9.69 Å². The molecule has 0 atom stereocenters. The van der Waals surface area contributed by atoms with Crippen LogP contribution in [0.1, 0.15) is 31.2 Å². The van der Waals surface area contributed by atoms with Crippen LogP contribution in [0.3, 0.4) is 0 Å². The average Bonchev–Trinajstić information content (AvgIpc) is 3.29. The van der Waals surface area contributed by atoms with E-state index in [0.717, 1.165) is 46.6 Å². The van der Waals surface area contributed by atoms with Gasteiger partial charge in [0.2, 0.25) is 5.91 Å². The van der Waals surface area contributed by atoms with Crippen molar-refractivity contribution in [3.05, 3.63) is 59.1 Å². The van der Waals surface area contributed by atoms with Crippen LogP contribution in [-0.2, 0) is 11.3 Å². The molecule has 0 aliphatic heterocycles. The molecule has 1 aliphatic carbocycles. The molecule has 0 unspecified atom stereocenters. The summed E-state index contributed by atoms with van der Waals surface area (Å²) in [6.07, 6.45) is 4.26. The third-order valence-corrected chi connectivity index (χ3v) is 6.00. The van der Waals surface area contributed by atoms with Crippen LogP contribution >= 0.6 is 22.9 Å². The first-order valence-electron chi connectivity index (χ1n) is 8.62. The van der Waals surface area contributed by atoms with Crippen molar-refractivity contribution in [1.82, 2.24) is 4.98 Å². The lowest BCUT2D eigenvalue weighted by atomic mass is 10.1. The molecule has 3 aromatic rings. The molecule has 2 aromatic carbocycles. The van der Waals surface area contributed by atoms with Gasteiger partial charge in [-0.25, -0.2) is 4.98 Å². The molecule has 1 aliphatic rings. The zero-order valence-corrected chi connectivity index (χ0v) is 15.4. The zero-order chi connectivity index (χ0) is 17.2. The Kier molecular flexibility index (Phi) is 4.73. The third-order valence-electron chi connectivity index (χ3n) is 4.72. The van der Waals surface area contributed by atoms with Gasteiger partial charge >= 0.3 is 0 Å². The first kappa shape index (κ1) is 16.6. The molecule has 1 aromatic heterocycles. The van der Waals surface area contributed by atoms with Crippen LogP contribution in [0.2, 0.25) is 5.02 Å². The van der Waals surface area contributed by atoms with E-state index in [0.29, 0.717) is 11.6 Å². The van der Waals surface area contributed by atoms with Crippen LogP contribution in [0.25, 0.3) is 10.2 Å². The molecule has 1 heterocycles. The van der Waals surface area contributed by atoms with Crippen LogP contribution in [-0.4, -0.2) is 10.9 Å². The Labute approximate surface area is 156 Å². The molecular formula is C20H19ClN2OS. The summed E-state index contributed by atoms with van der Waals surface area (Å²) in [5.41, 5.74) is 2.01. The quantitative estimate of drug-likeness (QED) is 0.592. The maximum Gasteiger partial charge on any atom is 0.232 e. The fourth-order valence-corrected chi connectivity index (χ4v) is 4.65. The number of amides is 1. The summed E-state index contributed by atoms with van der Waals surface area (Å²) in [6.45, 7) is 0.559. The van der Waals surface area contributed by atoms with E-state index in [4.69, 9.17) is 16.6 Å². The van der Waals surface area contributed by atoms with E-state index in [1.165, 1.54) is 11.3 Å². The highest BCUT2D eigenvalue weighted by atomic mass is 35.5. The van der Waals surface area contributed by atoms with Crippen molar-refractivity contribution in [1.29, 1.82) is 0 Å². The molecule has 0 bridgehead atoms. The van der Waals surface area contributed by atoms with Gasteiger partial charge in [-0.1, -0.05) is 66.1 Å². The molecule has 0 radical (unpaired) electrons. The SMILES string of the molecule is O=C(C1CCCC1)N(Cc1ccccc1)c1nc2ccc(Cl)cc2s1. The van der Waals surface area contributed by atoms with Crippen molar-refractivity contribution in [2.24, 2.45) is 5.92 Å². The van der Waals surface area contributed by atoms with Crippen molar-refractivity contribution < 1.29 is 4.79 Å². The largest absolute Gasteiger partial charge is 0.283 e. The first-order valence-corrected chi connectivity index (χ1v) is 9.81. The number of hydrogen-bond donors (Lipinski definition) is 0. The van der Waals surface area contributed by atoms with Gasteiger partial charge in [0.05, 0.1) is 16.8 Å².